The van der Waals surface area contributed by atoms with Crippen LogP contribution in [-0.4, -0.2) is 43.3 Å². The molecule has 0 atom stereocenters. The summed E-state index contributed by atoms with van der Waals surface area (Å²) in [7, 11) is 2.00. The second kappa shape index (κ2) is 10.2. The van der Waals surface area contributed by atoms with E-state index >= 15 is 0 Å². The fourth-order valence-electron chi connectivity index (χ4n) is 2.52. The quantitative estimate of drug-likeness (QED) is 0.611. The van der Waals surface area contributed by atoms with Crippen molar-refractivity contribution < 1.29 is 0 Å². The summed E-state index contributed by atoms with van der Waals surface area (Å²) < 4.78 is 0. The zero-order valence-electron chi connectivity index (χ0n) is 14.2. The van der Waals surface area contributed by atoms with Crippen molar-refractivity contribution in [1.82, 2.24) is 4.90 Å². The summed E-state index contributed by atoms with van der Waals surface area (Å²) in [5, 5.41) is 0. The average Bonchev–Trinajstić information content (AvgIpc) is 2.60. The highest BCUT2D eigenvalue weighted by Gasteiger charge is 2.20. The summed E-state index contributed by atoms with van der Waals surface area (Å²) in [5.41, 5.74) is 2.66. The first-order chi connectivity index (χ1) is 11.7. The first-order valence-electron chi connectivity index (χ1n) is 8.15. The number of hydrogen-bond acceptors (Lipinski definition) is 3. The Balaban J connectivity index is 0.000000224. The molecule has 0 bridgehead atoms. The summed E-state index contributed by atoms with van der Waals surface area (Å²) in [5.74, 6) is 1.38. The molecule has 3 rings (SSSR count). The first-order valence-corrected chi connectivity index (χ1v) is 10.0. The van der Waals surface area contributed by atoms with Crippen molar-refractivity contribution >= 4 is 46.3 Å². The molecular formula is C19H24Cl2N2S. The number of fused-ring (bicyclic) bond motifs is 2. The lowest BCUT2D eigenvalue weighted by molar-refractivity contribution is 0.378. The molecule has 0 amide bonds. The van der Waals surface area contributed by atoms with Crippen LogP contribution >= 0.6 is 35.0 Å². The second-order valence-corrected chi connectivity index (χ2v) is 7.30. The highest BCUT2D eigenvalue weighted by atomic mass is 35.5. The van der Waals surface area contributed by atoms with Crippen LogP contribution in [0.2, 0.25) is 0 Å². The maximum atomic E-state index is 5.45. The Bertz CT molecular complexity index is 585. The smallest absolute Gasteiger partial charge is 0.0552 e. The third kappa shape index (κ3) is 5.06. The predicted molar refractivity (Wildman–Crippen MR) is 109 cm³/mol. The van der Waals surface area contributed by atoms with Gasteiger partial charge in [0.05, 0.1) is 11.4 Å². The number of alkyl halides is 2. The standard InChI is InChI=1S/C14H13NS.C5H11Cl2N/c1-2-15-11-7-3-5-9-13(11)16-14-10-6-4-8-12(14)15;1-8(4-2-6)5-3-7/h3-10H,2H2,1H3;2-5H2,1H3. The van der Waals surface area contributed by atoms with Gasteiger partial charge in [-0.05, 0) is 38.2 Å². The SMILES string of the molecule is CCN1c2ccccc2Sc2ccccc21.CN(CCCl)CCCl. The molecule has 0 radical (unpaired) electrons. The first kappa shape index (κ1) is 19.5. The Kier molecular flexibility index (Phi) is 8.26. The maximum Gasteiger partial charge on any atom is 0.0552 e. The molecule has 130 valence electrons. The zero-order valence-corrected chi connectivity index (χ0v) is 16.5. The van der Waals surface area contributed by atoms with Gasteiger partial charge in [-0.25, -0.2) is 0 Å². The Hall–Kier alpha value is -0.870. The van der Waals surface area contributed by atoms with Gasteiger partial charge < -0.3 is 9.80 Å². The third-order valence-corrected chi connectivity index (χ3v) is 5.25. The lowest BCUT2D eigenvalue weighted by Crippen LogP contribution is -2.22. The minimum absolute atomic E-state index is 0.688. The molecule has 0 unspecified atom stereocenters. The van der Waals surface area contributed by atoms with Crippen molar-refractivity contribution in [2.24, 2.45) is 0 Å². The van der Waals surface area contributed by atoms with Gasteiger partial charge in [-0.3, -0.25) is 0 Å². The second-order valence-electron chi connectivity index (χ2n) is 5.46. The highest BCUT2D eigenvalue weighted by Crippen LogP contribution is 2.47. The summed E-state index contributed by atoms with van der Waals surface area (Å²) in [6, 6.07) is 17.2. The van der Waals surface area contributed by atoms with Crippen molar-refractivity contribution in [2.75, 3.05) is 43.3 Å². The molecular weight excluding hydrogens is 359 g/mol. The van der Waals surface area contributed by atoms with E-state index in [9.17, 15) is 0 Å². The molecule has 0 spiro atoms. The van der Waals surface area contributed by atoms with Gasteiger partial charge in [0.15, 0.2) is 0 Å². The van der Waals surface area contributed by atoms with Crippen LogP contribution in [0.4, 0.5) is 11.4 Å². The topological polar surface area (TPSA) is 6.48 Å². The lowest BCUT2D eigenvalue weighted by Gasteiger charge is -2.31. The fourth-order valence-corrected chi connectivity index (χ4v) is 4.20. The van der Waals surface area contributed by atoms with E-state index in [2.05, 4.69) is 65.3 Å². The minimum Gasteiger partial charge on any atom is -0.340 e. The molecule has 0 N–H and O–H groups in total. The van der Waals surface area contributed by atoms with E-state index in [1.54, 1.807) is 0 Å². The number of benzene rings is 2. The van der Waals surface area contributed by atoms with Crippen LogP contribution in [0.5, 0.6) is 0 Å². The van der Waals surface area contributed by atoms with Gasteiger partial charge in [0.2, 0.25) is 0 Å². The molecule has 2 aromatic carbocycles. The van der Waals surface area contributed by atoms with E-state index in [-0.39, 0.29) is 0 Å². The molecule has 0 saturated heterocycles. The van der Waals surface area contributed by atoms with Crippen molar-refractivity contribution in [3.05, 3.63) is 48.5 Å². The number of nitrogens with zero attached hydrogens (tertiary/aromatic N) is 2. The largest absolute Gasteiger partial charge is 0.340 e. The zero-order chi connectivity index (χ0) is 17.4. The van der Waals surface area contributed by atoms with Crippen molar-refractivity contribution in [3.63, 3.8) is 0 Å². The van der Waals surface area contributed by atoms with E-state index in [4.69, 9.17) is 23.2 Å². The van der Waals surface area contributed by atoms with Gasteiger partial charge in [-0.15, -0.1) is 23.2 Å². The van der Waals surface area contributed by atoms with Crippen LogP contribution in [0.15, 0.2) is 58.3 Å². The van der Waals surface area contributed by atoms with Crippen LogP contribution in [-0.2, 0) is 0 Å². The van der Waals surface area contributed by atoms with E-state index in [1.807, 2.05) is 18.8 Å². The normalized spacial score (nSPS) is 12.3. The van der Waals surface area contributed by atoms with Gasteiger partial charge in [0.25, 0.3) is 0 Å². The van der Waals surface area contributed by atoms with Crippen molar-refractivity contribution in [2.45, 2.75) is 16.7 Å². The molecule has 1 aliphatic heterocycles. The molecule has 0 aliphatic carbocycles. The molecule has 1 aliphatic rings. The van der Waals surface area contributed by atoms with E-state index < -0.39 is 0 Å². The molecule has 0 aromatic heterocycles. The number of hydrogen-bond donors (Lipinski definition) is 0. The maximum absolute atomic E-state index is 5.45. The average molecular weight is 383 g/mol. The predicted octanol–water partition coefficient (Wildman–Crippen LogP) is 5.71. The Labute approximate surface area is 159 Å². The molecule has 5 heteroatoms. The van der Waals surface area contributed by atoms with Gasteiger partial charge in [-0.1, -0.05) is 36.0 Å². The van der Waals surface area contributed by atoms with Crippen molar-refractivity contribution in [3.8, 4) is 0 Å². The van der Waals surface area contributed by atoms with E-state index in [1.165, 1.54) is 21.2 Å². The summed E-state index contributed by atoms with van der Waals surface area (Å²) >= 11 is 12.8. The van der Waals surface area contributed by atoms with Crippen LogP contribution in [0, 0.1) is 0 Å². The van der Waals surface area contributed by atoms with Crippen molar-refractivity contribution in [1.29, 1.82) is 0 Å². The number of halogens is 2. The van der Waals surface area contributed by atoms with Gasteiger partial charge in [0, 0.05) is 41.2 Å². The van der Waals surface area contributed by atoms with E-state index in [0.717, 1.165) is 19.6 Å². The van der Waals surface area contributed by atoms with Crippen LogP contribution in [0.3, 0.4) is 0 Å². The van der Waals surface area contributed by atoms with Crippen LogP contribution in [0.1, 0.15) is 6.92 Å². The molecule has 2 nitrogen and oxygen atoms in total. The number of rotatable bonds is 5. The van der Waals surface area contributed by atoms with Gasteiger partial charge in [0.1, 0.15) is 0 Å². The minimum atomic E-state index is 0.688. The Morgan fingerprint density at radius 2 is 1.33 bits per heavy atom. The lowest BCUT2D eigenvalue weighted by atomic mass is 10.2. The summed E-state index contributed by atoms with van der Waals surface area (Å²) in [4.78, 5) is 7.17. The monoisotopic (exact) mass is 382 g/mol. The number of para-hydroxylation sites is 2. The van der Waals surface area contributed by atoms with Gasteiger partial charge in [-0.2, -0.15) is 0 Å². The van der Waals surface area contributed by atoms with Gasteiger partial charge >= 0.3 is 0 Å². The Morgan fingerprint density at radius 3 is 1.75 bits per heavy atom. The molecule has 2 aromatic rings. The molecule has 0 fully saturated rings. The Morgan fingerprint density at radius 1 is 0.875 bits per heavy atom. The highest BCUT2D eigenvalue weighted by molar-refractivity contribution is 7.99. The molecule has 24 heavy (non-hydrogen) atoms. The third-order valence-electron chi connectivity index (χ3n) is 3.78. The summed E-state index contributed by atoms with van der Waals surface area (Å²) in [6.07, 6.45) is 0. The van der Waals surface area contributed by atoms with E-state index in [0.29, 0.717) is 11.8 Å². The number of anilines is 2. The van der Waals surface area contributed by atoms with Crippen LogP contribution < -0.4 is 4.90 Å². The van der Waals surface area contributed by atoms with Crippen LogP contribution in [0.25, 0.3) is 0 Å². The molecule has 0 saturated carbocycles. The summed E-state index contributed by atoms with van der Waals surface area (Å²) in [6.45, 7) is 5.06. The molecule has 1 heterocycles. The fraction of sp³-hybridized carbons (Fsp3) is 0.368.